The summed E-state index contributed by atoms with van der Waals surface area (Å²) in [5.74, 6) is 0.148. The average Bonchev–Trinajstić information content (AvgIpc) is 3.08. The highest BCUT2D eigenvalue weighted by molar-refractivity contribution is 7.80. The molecule has 2 aromatic carbocycles. The van der Waals surface area contributed by atoms with Crippen LogP contribution in [0.2, 0.25) is 10.0 Å². The summed E-state index contributed by atoms with van der Waals surface area (Å²) < 4.78 is 5.64. The second kappa shape index (κ2) is 8.35. The number of halogens is 2. The van der Waals surface area contributed by atoms with Crippen LogP contribution >= 0.6 is 35.4 Å². The first-order chi connectivity index (χ1) is 13.2. The van der Waals surface area contributed by atoms with Crippen molar-refractivity contribution < 1.29 is 9.21 Å². The number of aryl methyl sites for hydroxylation is 3. The zero-order valence-electron chi connectivity index (χ0n) is 15.5. The quantitative estimate of drug-likeness (QED) is 0.476. The molecule has 0 saturated heterocycles. The molecule has 3 rings (SSSR count). The number of benzene rings is 2. The number of thiocarbonyl (C=S) groups is 1. The summed E-state index contributed by atoms with van der Waals surface area (Å²) in [6.45, 7) is 6.01. The molecule has 0 fully saturated rings. The Labute approximate surface area is 178 Å². The van der Waals surface area contributed by atoms with Crippen molar-refractivity contribution in [1.82, 2.24) is 5.32 Å². The van der Waals surface area contributed by atoms with Gasteiger partial charge < -0.3 is 9.73 Å². The molecule has 0 spiro atoms. The standard InChI is InChI=1S/C21H18Cl2N2O2S/c1-11-8-12(2)19(13(3)9-11)24-21(28)25-20(26)18-7-6-17(27-18)15-5-4-14(22)10-16(15)23/h4-10H,1-3H3,(H2,24,25,26,28). The zero-order valence-corrected chi connectivity index (χ0v) is 17.9. The van der Waals surface area contributed by atoms with Crippen LogP contribution in [0.3, 0.4) is 0 Å². The summed E-state index contributed by atoms with van der Waals surface area (Å²) >= 11 is 17.4. The fourth-order valence-corrected chi connectivity index (χ4v) is 3.68. The lowest BCUT2D eigenvalue weighted by Crippen LogP contribution is -2.34. The molecule has 0 bridgehead atoms. The van der Waals surface area contributed by atoms with Crippen molar-refractivity contribution in [2.45, 2.75) is 20.8 Å². The summed E-state index contributed by atoms with van der Waals surface area (Å²) in [5, 5.41) is 6.88. The highest BCUT2D eigenvalue weighted by Gasteiger charge is 2.16. The summed E-state index contributed by atoms with van der Waals surface area (Å²) in [4.78, 5) is 12.5. The van der Waals surface area contributed by atoms with Crippen LogP contribution < -0.4 is 10.6 Å². The monoisotopic (exact) mass is 432 g/mol. The van der Waals surface area contributed by atoms with Crippen LogP contribution in [0.1, 0.15) is 27.2 Å². The Balaban J connectivity index is 1.72. The van der Waals surface area contributed by atoms with Crippen LogP contribution in [-0.2, 0) is 0 Å². The van der Waals surface area contributed by atoms with E-state index in [0.29, 0.717) is 21.4 Å². The fraction of sp³-hybridized carbons (Fsp3) is 0.143. The van der Waals surface area contributed by atoms with Gasteiger partial charge in [-0.3, -0.25) is 10.1 Å². The van der Waals surface area contributed by atoms with E-state index in [9.17, 15) is 4.79 Å². The maximum Gasteiger partial charge on any atom is 0.293 e. The Morgan fingerprint density at radius 3 is 2.32 bits per heavy atom. The van der Waals surface area contributed by atoms with Gasteiger partial charge in [0.15, 0.2) is 10.9 Å². The normalized spacial score (nSPS) is 10.6. The maximum atomic E-state index is 12.5. The first kappa shape index (κ1) is 20.4. The molecule has 3 aromatic rings. The van der Waals surface area contributed by atoms with Gasteiger partial charge in [-0.25, -0.2) is 0 Å². The molecule has 1 amide bonds. The van der Waals surface area contributed by atoms with Crippen molar-refractivity contribution in [2.75, 3.05) is 5.32 Å². The van der Waals surface area contributed by atoms with Crippen molar-refractivity contribution in [3.63, 3.8) is 0 Å². The molecule has 28 heavy (non-hydrogen) atoms. The third-order valence-corrected chi connectivity index (χ3v) is 4.92. The van der Waals surface area contributed by atoms with E-state index in [0.717, 1.165) is 16.8 Å². The number of hydrogen-bond donors (Lipinski definition) is 2. The molecular weight excluding hydrogens is 415 g/mol. The average molecular weight is 433 g/mol. The van der Waals surface area contributed by atoms with Crippen LogP contribution in [0.25, 0.3) is 11.3 Å². The van der Waals surface area contributed by atoms with Crippen molar-refractivity contribution >= 4 is 52.1 Å². The minimum Gasteiger partial charge on any atom is -0.451 e. The lowest BCUT2D eigenvalue weighted by Gasteiger charge is -2.14. The van der Waals surface area contributed by atoms with E-state index in [1.807, 2.05) is 20.8 Å². The minimum atomic E-state index is -0.448. The van der Waals surface area contributed by atoms with Gasteiger partial charge in [0, 0.05) is 16.3 Å². The molecule has 0 radical (unpaired) electrons. The van der Waals surface area contributed by atoms with Crippen LogP contribution in [-0.4, -0.2) is 11.0 Å². The molecule has 7 heteroatoms. The Kier molecular flexibility index (Phi) is 6.08. The van der Waals surface area contributed by atoms with Crippen LogP contribution in [0.15, 0.2) is 46.9 Å². The molecule has 0 atom stereocenters. The summed E-state index contributed by atoms with van der Waals surface area (Å²) in [6.07, 6.45) is 0. The van der Waals surface area contributed by atoms with Gasteiger partial charge in [-0.05, 0) is 74.4 Å². The number of hydrogen-bond acceptors (Lipinski definition) is 3. The maximum absolute atomic E-state index is 12.5. The van der Waals surface area contributed by atoms with Crippen molar-refractivity contribution in [2.24, 2.45) is 0 Å². The Bertz CT molecular complexity index is 1050. The topological polar surface area (TPSA) is 54.3 Å². The van der Waals surface area contributed by atoms with Gasteiger partial charge in [0.05, 0.1) is 5.02 Å². The molecule has 1 aromatic heterocycles. The van der Waals surface area contributed by atoms with E-state index >= 15 is 0 Å². The molecule has 4 nitrogen and oxygen atoms in total. The number of amides is 1. The van der Waals surface area contributed by atoms with E-state index in [1.165, 1.54) is 5.56 Å². The van der Waals surface area contributed by atoms with E-state index < -0.39 is 5.91 Å². The Morgan fingerprint density at radius 2 is 1.68 bits per heavy atom. The van der Waals surface area contributed by atoms with Gasteiger partial charge in [0.1, 0.15) is 5.76 Å². The van der Waals surface area contributed by atoms with Gasteiger partial charge in [-0.2, -0.15) is 0 Å². The second-order valence-electron chi connectivity index (χ2n) is 6.47. The van der Waals surface area contributed by atoms with E-state index in [-0.39, 0.29) is 10.9 Å². The summed E-state index contributed by atoms with van der Waals surface area (Å²) in [6, 6.07) is 12.4. The first-order valence-corrected chi connectivity index (χ1v) is 9.66. The fourth-order valence-electron chi connectivity index (χ4n) is 2.98. The lowest BCUT2D eigenvalue weighted by molar-refractivity contribution is 0.0951. The smallest absolute Gasteiger partial charge is 0.293 e. The molecule has 0 aliphatic heterocycles. The van der Waals surface area contributed by atoms with Gasteiger partial charge in [0.2, 0.25) is 0 Å². The number of carbonyl (C=O) groups is 1. The molecule has 0 saturated carbocycles. The Morgan fingerprint density at radius 1 is 1.00 bits per heavy atom. The number of anilines is 1. The van der Waals surface area contributed by atoms with Crippen LogP contribution in [0.5, 0.6) is 0 Å². The molecule has 144 valence electrons. The number of rotatable bonds is 3. The van der Waals surface area contributed by atoms with E-state index in [4.69, 9.17) is 39.8 Å². The predicted octanol–water partition coefficient (Wildman–Crippen LogP) is 6.31. The van der Waals surface area contributed by atoms with Crippen molar-refractivity contribution in [3.05, 3.63) is 75.0 Å². The van der Waals surface area contributed by atoms with Crippen LogP contribution in [0.4, 0.5) is 5.69 Å². The second-order valence-corrected chi connectivity index (χ2v) is 7.72. The van der Waals surface area contributed by atoms with Crippen molar-refractivity contribution in [1.29, 1.82) is 0 Å². The summed E-state index contributed by atoms with van der Waals surface area (Å²) in [5.41, 5.74) is 4.79. The summed E-state index contributed by atoms with van der Waals surface area (Å²) in [7, 11) is 0. The zero-order chi connectivity index (χ0) is 20.4. The molecule has 0 unspecified atom stereocenters. The molecule has 0 aliphatic rings. The SMILES string of the molecule is Cc1cc(C)c(NC(=S)NC(=O)c2ccc(-c3ccc(Cl)cc3Cl)o2)c(C)c1. The van der Waals surface area contributed by atoms with E-state index in [2.05, 4.69) is 22.8 Å². The van der Waals surface area contributed by atoms with E-state index in [1.54, 1.807) is 30.3 Å². The highest BCUT2D eigenvalue weighted by atomic mass is 35.5. The van der Waals surface area contributed by atoms with Gasteiger partial charge in [-0.1, -0.05) is 40.9 Å². The molecule has 1 heterocycles. The van der Waals surface area contributed by atoms with Gasteiger partial charge >= 0.3 is 0 Å². The molecule has 0 aliphatic carbocycles. The predicted molar refractivity (Wildman–Crippen MR) is 119 cm³/mol. The molecule has 2 N–H and O–H groups in total. The Hall–Kier alpha value is -2.34. The van der Waals surface area contributed by atoms with Crippen molar-refractivity contribution in [3.8, 4) is 11.3 Å². The first-order valence-electron chi connectivity index (χ1n) is 8.50. The minimum absolute atomic E-state index is 0.127. The van der Waals surface area contributed by atoms with Gasteiger partial charge in [0.25, 0.3) is 5.91 Å². The third kappa shape index (κ3) is 4.55. The lowest BCUT2D eigenvalue weighted by atomic mass is 10.1. The van der Waals surface area contributed by atoms with Crippen LogP contribution in [0, 0.1) is 20.8 Å². The number of nitrogens with one attached hydrogen (secondary N) is 2. The largest absolute Gasteiger partial charge is 0.451 e. The van der Waals surface area contributed by atoms with Gasteiger partial charge in [-0.15, -0.1) is 0 Å². The number of furan rings is 1. The highest BCUT2D eigenvalue weighted by Crippen LogP contribution is 2.31. The third-order valence-electron chi connectivity index (χ3n) is 4.17. The number of carbonyl (C=O) groups excluding carboxylic acids is 1. The molecular formula is C21H18Cl2N2O2S.